The van der Waals surface area contributed by atoms with Gasteiger partial charge in [0.25, 0.3) is 0 Å². The van der Waals surface area contributed by atoms with Crippen LogP contribution in [0, 0.1) is 19.7 Å². The number of aliphatic imine (C=N–C) groups is 1. The number of nitrogens with one attached hydrogen (secondary N) is 1. The number of hydrogen-bond acceptors (Lipinski definition) is 3. The molecule has 0 unspecified atom stereocenters. The molecule has 138 valence electrons. The molecular formula is C20H23BrFN3O. The Labute approximate surface area is 162 Å². The second-order valence-corrected chi connectivity index (χ2v) is 7.09. The highest BCUT2D eigenvalue weighted by Crippen LogP contribution is 2.24. The third-order valence-electron chi connectivity index (χ3n) is 4.11. The standard InChI is InChI=1S/C20H23BrFN3O/c1-5-25(4)12-24-19-9-13(2)16(8-14(19)3)20(26)11-23-18-7-6-15(21)10-17(18)22/h6-10,12,23H,5,11H2,1-4H3/b24-12-. The van der Waals surface area contributed by atoms with Crippen LogP contribution in [-0.2, 0) is 0 Å². The Morgan fingerprint density at radius 1 is 1.27 bits per heavy atom. The summed E-state index contributed by atoms with van der Waals surface area (Å²) >= 11 is 3.21. The molecule has 0 aliphatic rings. The second kappa shape index (κ2) is 8.94. The number of carbonyl (C=O) groups excluding carboxylic acids is 1. The van der Waals surface area contributed by atoms with E-state index in [9.17, 15) is 9.18 Å². The van der Waals surface area contributed by atoms with Gasteiger partial charge in [0.05, 0.1) is 24.3 Å². The monoisotopic (exact) mass is 419 g/mol. The molecule has 2 aromatic carbocycles. The van der Waals surface area contributed by atoms with E-state index in [-0.39, 0.29) is 12.3 Å². The third-order valence-corrected chi connectivity index (χ3v) is 4.60. The van der Waals surface area contributed by atoms with Crippen molar-refractivity contribution in [3.05, 3.63) is 57.3 Å². The fourth-order valence-corrected chi connectivity index (χ4v) is 2.72. The number of anilines is 1. The molecule has 0 aliphatic heterocycles. The number of nitrogens with zero attached hydrogens (tertiary/aromatic N) is 2. The van der Waals surface area contributed by atoms with E-state index >= 15 is 0 Å². The van der Waals surface area contributed by atoms with E-state index in [4.69, 9.17) is 0 Å². The molecular weight excluding hydrogens is 397 g/mol. The van der Waals surface area contributed by atoms with Gasteiger partial charge < -0.3 is 10.2 Å². The van der Waals surface area contributed by atoms with Crippen molar-refractivity contribution < 1.29 is 9.18 Å². The minimum atomic E-state index is -0.398. The van der Waals surface area contributed by atoms with Crippen LogP contribution in [0.1, 0.15) is 28.4 Å². The van der Waals surface area contributed by atoms with Gasteiger partial charge in [0.1, 0.15) is 5.82 Å². The summed E-state index contributed by atoms with van der Waals surface area (Å²) in [4.78, 5) is 19.0. The van der Waals surface area contributed by atoms with Crippen molar-refractivity contribution in [2.75, 3.05) is 25.5 Å². The maximum Gasteiger partial charge on any atom is 0.182 e. The Hall–Kier alpha value is -2.21. The largest absolute Gasteiger partial charge is 0.375 e. The van der Waals surface area contributed by atoms with Gasteiger partial charge in [0.15, 0.2) is 5.78 Å². The van der Waals surface area contributed by atoms with E-state index < -0.39 is 5.82 Å². The SMILES string of the molecule is CCN(C)/C=N\c1cc(C)c(C(=O)CNc2ccc(Br)cc2F)cc1C. The number of Topliss-reactive ketones (excluding diaryl/α,β-unsaturated/α-hetero) is 1. The molecule has 4 nitrogen and oxygen atoms in total. The molecule has 0 aliphatic carbocycles. The molecule has 6 heteroatoms. The first kappa shape index (κ1) is 20.1. The van der Waals surface area contributed by atoms with Gasteiger partial charge in [0, 0.05) is 23.6 Å². The lowest BCUT2D eigenvalue weighted by molar-refractivity contribution is 0.101. The zero-order chi connectivity index (χ0) is 19.3. The van der Waals surface area contributed by atoms with Crippen molar-refractivity contribution in [3.8, 4) is 0 Å². The quantitative estimate of drug-likeness (QED) is 0.385. The summed E-state index contributed by atoms with van der Waals surface area (Å²) in [6.07, 6.45) is 1.78. The molecule has 0 spiro atoms. The van der Waals surface area contributed by atoms with Crippen molar-refractivity contribution in [3.63, 3.8) is 0 Å². The Morgan fingerprint density at radius 2 is 2.00 bits per heavy atom. The zero-order valence-electron chi connectivity index (χ0n) is 15.4. The highest BCUT2D eigenvalue weighted by molar-refractivity contribution is 9.10. The number of carbonyl (C=O) groups is 1. The van der Waals surface area contributed by atoms with Crippen molar-refractivity contribution in [2.45, 2.75) is 20.8 Å². The Balaban J connectivity index is 2.13. The zero-order valence-corrected chi connectivity index (χ0v) is 17.0. The smallest absolute Gasteiger partial charge is 0.182 e. The topological polar surface area (TPSA) is 44.7 Å². The normalized spacial score (nSPS) is 11.0. The van der Waals surface area contributed by atoms with Crippen molar-refractivity contribution in [1.82, 2.24) is 4.90 Å². The van der Waals surface area contributed by atoms with Crippen LogP contribution in [0.3, 0.4) is 0 Å². The van der Waals surface area contributed by atoms with Gasteiger partial charge in [-0.1, -0.05) is 15.9 Å². The maximum absolute atomic E-state index is 13.9. The summed E-state index contributed by atoms with van der Waals surface area (Å²) in [6, 6.07) is 8.44. The Bertz CT molecular complexity index is 836. The minimum absolute atomic E-state index is 0.0278. The predicted octanol–water partition coefficient (Wildman–Crippen LogP) is 5.11. The van der Waals surface area contributed by atoms with Crippen LogP contribution >= 0.6 is 15.9 Å². The number of halogens is 2. The number of rotatable bonds is 7. The van der Waals surface area contributed by atoms with Gasteiger partial charge in [-0.15, -0.1) is 0 Å². The van der Waals surface area contributed by atoms with Crippen LogP contribution in [-0.4, -0.2) is 37.2 Å². The van der Waals surface area contributed by atoms with E-state index in [0.29, 0.717) is 15.7 Å². The van der Waals surface area contributed by atoms with Gasteiger partial charge in [-0.25, -0.2) is 9.38 Å². The van der Waals surface area contributed by atoms with Crippen LogP contribution in [0.15, 0.2) is 39.8 Å². The molecule has 2 rings (SSSR count). The van der Waals surface area contributed by atoms with Gasteiger partial charge in [-0.05, 0) is 62.2 Å². The summed E-state index contributed by atoms with van der Waals surface area (Å²) in [5, 5.41) is 2.87. The van der Waals surface area contributed by atoms with Crippen molar-refractivity contribution >= 4 is 39.4 Å². The van der Waals surface area contributed by atoms with E-state index in [0.717, 1.165) is 23.4 Å². The average molecular weight is 420 g/mol. The number of ketones is 1. The lowest BCUT2D eigenvalue weighted by Crippen LogP contribution is -2.16. The lowest BCUT2D eigenvalue weighted by Gasteiger charge is -2.12. The van der Waals surface area contributed by atoms with E-state index in [1.807, 2.05) is 44.9 Å². The van der Waals surface area contributed by atoms with Gasteiger partial charge in [0.2, 0.25) is 0 Å². The summed E-state index contributed by atoms with van der Waals surface area (Å²) in [5.41, 5.74) is 3.54. The highest BCUT2D eigenvalue weighted by atomic mass is 79.9. The van der Waals surface area contributed by atoms with Crippen LogP contribution < -0.4 is 5.32 Å². The molecule has 2 aromatic rings. The van der Waals surface area contributed by atoms with Gasteiger partial charge in [-0.3, -0.25) is 4.79 Å². The molecule has 0 heterocycles. The molecule has 0 amide bonds. The number of hydrogen-bond donors (Lipinski definition) is 1. The van der Waals surface area contributed by atoms with Crippen molar-refractivity contribution in [2.24, 2.45) is 4.99 Å². The number of benzene rings is 2. The molecule has 0 radical (unpaired) electrons. The summed E-state index contributed by atoms with van der Waals surface area (Å²) in [5.74, 6) is -0.487. The molecule has 0 atom stereocenters. The average Bonchev–Trinajstić information content (AvgIpc) is 2.60. The highest BCUT2D eigenvalue weighted by Gasteiger charge is 2.13. The van der Waals surface area contributed by atoms with Gasteiger partial charge >= 0.3 is 0 Å². The van der Waals surface area contributed by atoms with Gasteiger partial charge in [-0.2, -0.15) is 0 Å². The Morgan fingerprint density at radius 3 is 2.65 bits per heavy atom. The summed E-state index contributed by atoms with van der Waals surface area (Å²) < 4.78 is 14.5. The van der Waals surface area contributed by atoms with Crippen LogP contribution in [0.4, 0.5) is 15.8 Å². The lowest BCUT2D eigenvalue weighted by atomic mass is 10.0. The molecule has 26 heavy (non-hydrogen) atoms. The predicted molar refractivity (Wildman–Crippen MR) is 109 cm³/mol. The maximum atomic E-state index is 13.9. The fraction of sp³-hybridized carbons (Fsp3) is 0.300. The third kappa shape index (κ3) is 5.14. The molecule has 0 fully saturated rings. The van der Waals surface area contributed by atoms with Crippen LogP contribution in [0.25, 0.3) is 0 Å². The van der Waals surface area contributed by atoms with Crippen LogP contribution in [0.2, 0.25) is 0 Å². The number of aryl methyl sites for hydroxylation is 2. The molecule has 0 saturated heterocycles. The first-order valence-corrected chi connectivity index (χ1v) is 9.19. The minimum Gasteiger partial charge on any atom is -0.375 e. The molecule has 0 aromatic heterocycles. The first-order chi connectivity index (χ1) is 12.3. The molecule has 1 N–H and O–H groups in total. The van der Waals surface area contributed by atoms with E-state index in [1.54, 1.807) is 18.5 Å². The summed E-state index contributed by atoms with van der Waals surface area (Å²) in [6.45, 7) is 6.76. The van der Waals surface area contributed by atoms with E-state index in [1.165, 1.54) is 6.07 Å². The van der Waals surface area contributed by atoms with E-state index in [2.05, 4.69) is 26.2 Å². The summed E-state index contributed by atoms with van der Waals surface area (Å²) in [7, 11) is 1.95. The molecule has 0 saturated carbocycles. The fourth-order valence-electron chi connectivity index (χ4n) is 2.39. The van der Waals surface area contributed by atoms with Crippen molar-refractivity contribution in [1.29, 1.82) is 0 Å². The molecule has 0 bridgehead atoms. The Kier molecular flexibility index (Phi) is 6.91. The second-order valence-electron chi connectivity index (χ2n) is 6.17. The van der Waals surface area contributed by atoms with Crippen LogP contribution in [0.5, 0.6) is 0 Å². The first-order valence-electron chi connectivity index (χ1n) is 8.39.